The van der Waals surface area contributed by atoms with Crippen LogP contribution in [0.4, 0.5) is 0 Å². The molecule has 1 unspecified atom stereocenters. The van der Waals surface area contributed by atoms with Gasteiger partial charge < -0.3 is 10.5 Å². The Bertz CT molecular complexity index is 203. The summed E-state index contributed by atoms with van der Waals surface area (Å²) in [5, 5.41) is 0. The van der Waals surface area contributed by atoms with E-state index in [9.17, 15) is 0 Å². The molecule has 0 saturated carbocycles. The van der Waals surface area contributed by atoms with Gasteiger partial charge in [0.25, 0.3) is 0 Å². The first-order valence-electron chi connectivity index (χ1n) is 7.74. The molecule has 0 aromatic rings. The van der Waals surface area contributed by atoms with Crippen molar-refractivity contribution in [2.24, 2.45) is 11.7 Å². The molecule has 1 rings (SSSR count). The lowest BCUT2D eigenvalue weighted by Gasteiger charge is -2.40. The van der Waals surface area contributed by atoms with Crippen LogP contribution in [0.2, 0.25) is 0 Å². The van der Waals surface area contributed by atoms with E-state index in [1.54, 1.807) is 0 Å². The summed E-state index contributed by atoms with van der Waals surface area (Å²) in [4.78, 5) is 2.63. The number of nitrogens with zero attached hydrogens (tertiary/aromatic N) is 1. The molecule has 1 aliphatic rings. The summed E-state index contributed by atoms with van der Waals surface area (Å²) in [7, 11) is 0. The molecule has 1 saturated heterocycles. The summed E-state index contributed by atoms with van der Waals surface area (Å²) in [6.45, 7) is 10.7. The van der Waals surface area contributed by atoms with Gasteiger partial charge in [0.2, 0.25) is 0 Å². The first-order valence-corrected chi connectivity index (χ1v) is 7.74. The first-order chi connectivity index (χ1) is 8.70. The molecule has 1 fully saturated rings. The SMILES string of the molecule is CCCCCN(C(C)C)C(CN)C1CCOCC1. The summed E-state index contributed by atoms with van der Waals surface area (Å²) in [5.41, 5.74) is 6.06. The van der Waals surface area contributed by atoms with E-state index in [1.165, 1.54) is 38.6 Å². The molecular formula is C15H32N2O. The average Bonchev–Trinajstić information content (AvgIpc) is 2.39. The second-order valence-corrected chi connectivity index (χ2v) is 5.79. The Labute approximate surface area is 113 Å². The normalized spacial score (nSPS) is 19.7. The van der Waals surface area contributed by atoms with Gasteiger partial charge in [-0.1, -0.05) is 19.8 Å². The number of ether oxygens (including phenoxy) is 1. The van der Waals surface area contributed by atoms with E-state index in [0.717, 1.165) is 25.7 Å². The Morgan fingerprint density at radius 3 is 2.39 bits per heavy atom. The van der Waals surface area contributed by atoms with E-state index in [-0.39, 0.29) is 0 Å². The van der Waals surface area contributed by atoms with Crippen LogP contribution in [0.1, 0.15) is 52.9 Å². The van der Waals surface area contributed by atoms with Crippen molar-refractivity contribution in [3.63, 3.8) is 0 Å². The molecule has 0 aliphatic carbocycles. The Morgan fingerprint density at radius 1 is 1.22 bits per heavy atom. The van der Waals surface area contributed by atoms with Crippen LogP contribution in [0.25, 0.3) is 0 Å². The van der Waals surface area contributed by atoms with Crippen LogP contribution in [0.3, 0.4) is 0 Å². The molecule has 0 amide bonds. The number of rotatable bonds is 8. The molecule has 3 nitrogen and oxygen atoms in total. The smallest absolute Gasteiger partial charge is 0.0469 e. The van der Waals surface area contributed by atoms with Crippen LogP contribution in [0, 0.1) is 5.92 Å². The largest absolute Gasteiger partial charge is 0.381 e. The number of hydrogen-bond acceptors (Lipinski definition) is 3. The fourth-order valence-corrected chi connectivity index (χ4v) is 3.05. The summed E-state index contributed by atoms with van der Waals surface area (Å²) >= 11 is 0. The van der Waals surface area contributed by atoms with Crippen LogP contribution in [-0.4, -0.2) is 43.3 Å². The maximum Gasteiger partial charge on any atom is 0.0469 e. The first kappa shape index (κ1) is 15.9. The van der Waals surface area contributed by atoms with Crippen molar-refractivity contribution in [2.45, 2.75) is 65.0 Å². The van der Waals surface area contributed by atoms with Gasteiger partial charge in [-0.3, -0.25) is 4.90 Å². The van der Waals surface area contributed by atoms with Crippen molar-refractivity contribution >= 4 is 0 Å². The summed E-state index contributed by atoms with van der Waals surface area (Å²) in [5.74, 6) is 0.729. The van der Waals surface area contributed by atoms with Crippen LogP contribution >= 0.6 is 0 Å². The highest BCUT2D eigenvalue weighted by molar-refractivity contribution is 4.83. The van der Waals surface area contributed by atoms with Crippen molar-refractivity contribution in [2.75, 3.05) is 26.3 Å². The summed E-state index contributed by atoms with van der Waals surface area (Å²) in [6.07, 6.45) is 6.27. The van der Waals surface area contributed by atoms with Crippen molar-refractivity contribution < 1.29 is 4.74 Å². The highest BCUT2D eigenvalue weighted by Crippen LogP contribution is 2.24. The minimum Gasteiger partial charge on any atom is -0.381 e. The van der Waals surface area contributed by atoms with E-state index in [0.29, 0.717) is 12.1 Å². The minimum atomic E-state index is 0.547. The molecule has 18 heavy (non-hydrogen) atoms. The molecule has 1 aliphatic heterocycles. The average molecular weight is 256 g/mol. The second-order valence-electron chi connectivity index (χ2n) is 5.79. The standard InChI is InChI=1S/C15H32N2O/c1-4-5-6-9-17(13(2)3)15(12-16)14-7-10-18-11-8-14/h13-15H,4-12,16H2,1-3H3. The zero-order chi connectivity index (χ0) is 13.4. The molecule has 2 N–H and O–H groups in total. The van der Waals surface area contributed by atoms with Gasteiger partial charge in [0.15, 0.2) is 0 Å². The highest BCUT2D eigenvalue weighted by atomic mass is 16.5. The Balaban J connectivity index is 2.54. The highest BCUT2D eigenvalue weighted by Gasteiger charge is 2.29. The van der Waals surface area contributed by atoms with Crippen LogP contribution in [0.15, 0.2) is 0 Å². The zero-order valence-electron chi connectivity index (χ0n) is 12.5. The summed E-state index contributed by atoms with van der Waals surface area (Å²) < 4.78 is 5.47. The van der Waals surface area contributed by atoms with Gasteiger partial charge >= 0.3 is 0 Å². The van der Waals surface area contributed by atoms with Gasteiger partial charge in [-0.15, -0.1) is 0 Å². The number of hydrogen-bond donors (Lipinski definition) is 1. The van der Waals surface area contributed by atoms with E-state index < -0.39 is 0 Å². The lowest BCUT2D eigenvalue weighted by molar-refractivity contribution is 0.0183. The predicted molar refractivity (Wildman–Crippen MR) is 77.8 cm³/mol. The van der Waals surface area contributed by atoms with Crippen molar-refractivity contribution in [3.8, 4) is 0 Å². The van der Waals surface area contributed by atoms with Gasteiger partial charge in [0, 0.05) is 31.8 Å². The third-order valence-corrected chi connectivity index (χ3v) is 4.16. The molecule has 0 aromatic carbocycles. The fraction of sp³-hybridized carbons (Fsp3) is 1.00. The molecule has 108 valence electrons. The van der Waals surface area contributed by atoms with Crippen molar-refractivity contribution in [3.05, 3.63) is 0 Å². The van der Waals surface area contributed by atoms with E-state index in [4.69, 9.17) is 10.5 Å². The molecule has 0 aromatic heterocycles. The van der Waals surface area contributed by atoms with Crippen LogP contribution in [0.5, 0.6) is 0 Å². The van der Waals surface area contributed by atoms with E-state index >= 15 is 0 Å². The zero-order valence-corrected chi connectivity index (χ0v) is 12.5. The number of unbranched alkanes of at least 4 members (excludes halogenated alkanes) is 2. The van der Waals surface area contributed by atoms with Gasteiger partial charge in [-0.2, -0.15) is 0 Å². The molecule has 3 heteroatoms. The topological polar surface area (TPSA) is 38.5 Å². The van der Waals surface area contributed by atoms with Crippen molar-refractivity contribution in [1.82, 2.24) is 4.90 Å². The summed E-state index contributed by atoms with van der Waals surface area (Å²) in [6, 6.07) is 1.14. The maximum absolute atomic E-state index is 6.06. The molecule has 0 radical (unpaired) electrons. The molecule has 0 bridgehead atoms. The Hall–Kier alpha value is -0.120. The van der Waals surface area contributed by atoms with Crippen molar-refractivity contribution in [1.29, 1.82) is 0 Å². The second kappa shape index (κ2) is 8.89. The van der Waals surface area contributed by atoms with Gasteiger partial charge in [-0.05, 0) is 45.6 Å². The minimum absolute atomic E-state index is 0.547. The van der Waals surface area contributed by atoms with Crippen LogP contribution in [-0.2, 0) is 4.74 Å². The molecular weight excluding hydrogens is 224 g/mol. The van der Waals surface area contributed by atoms with Gasteiger partial charge in [0.1, 0.15) is 0 Å². The Kier molecular flexibility index (Phi) is 7.87. The lowest BCUT2D eigenvalue weighted by atomic mass is 9.89. The Morgan fingerprint density at radius 2 is 1.89 bits per heavy atom. The monoisotopic (exact) mass is 256 g/mol. The van der Waals surface area contributed by atoms with Crippen LogP contribution < -0.4 is 5.73 Å². The molecule has 1 atom stereocenters. The predicted octanol–water partition coefficient (Wildman–Crippen LogP) is 2.64. The van der Waals surface area contributed by atoms with E-state index in [1.807, 2.05) is 0 Å². The molecule has 0 spiro atoms. The third-order valence-electron chi connectivity index (χ3n) is 4.16. The quantitative estimate of drug-likeness (QED) is 0.679. The maximum atomic E-state index is 6.06. The lowest BCUT2D eigenvalue weighted by Crippen LogP contribution is -2.50. The van der Waals surface area contributed by atoms with Gasteiger partial charge in [-0.25, -0.2) is 0 Å². The third kappa shape index (κ3) is 4.87. The fourth-order valence-electron chi connectivity index (χ4n) is 3.05. The van der Waals surface area contributed by atoms with Gasteiger partial charge in [0.05, 0.1) is 0 Å². The number of nitrogens with two attached hydrogens (primary N) is 1. The molecule has 1 heterocycles. The van der Waals surface area contributed by atoms with E-state index in [2.05, 4.69) is 25.7 Å².